The molecule has 1 nitrogen and oxygen atoms in total. The van der Waals surface area contributed by atoms with Crippen LogP contribution in [-0.4, -0.2) is 7.05 Å². The Labute approximate surface area is 107 Å². The van der Waals surface area contributed by atoms with Gasteiger partial charge in [-0.1, -0.05) is 50.5 Å². The number of aryl methyl sites for hydroxylation is 2. The minimum absolute atomic E-state index is 0.500. The van der Waals surface area contributed by atoms with E-state index in [0.717, 1.165) is 5.92 Å². The molecule has 1 N–H and O–H groups in total. The van der Waals surface area contributed by atoms with Gasteiger partial charge in [0.2, 0.25) is 0 Å². The molecule has 0 amide bonds. The Balaban J connectivity index is 2.85. The van der Waals surface area contributed by atoms with Crippen LogP contribution in [0.3, 0.4) is 0 Å². The first-order valence-electron chi connectivity index (χ1n) is 6.86. The smallest absolute Gasteiger partial charge is 0.0322 e. The van der Waals surface area contributed by atoms with Gasteiger partial charge in [-0.05, 0) is 44.4 Å². The topological polar surface area (TPSA) is 12.0 Å². The van der Waals surface area contributed by atoms with Gasteiger partial charge >= 0.3 is 0 Å². The Bertz CT molecular complexity index is 339. The summed E-state index contributed by atoms with van der Waals surface area (Å²) in [5.74, 6) is 0.827. The molecule has 17 heavy (non-hydrogen) atoms. The molecule has 0 aliphatic carbocycles. The monoisotopic (exact) mass is 233 g/mol. The fourth-order valence-electron chi connectivity index (χ4n) is 2.57. The Morgan fingerprint density at radius 3 is 2.24 bits per heavy atom. The fraction of sp³-hybridized carbons (Fsp3) is 0.625. The average molecular weight is 233 g/mol. The van der Waals surface area contributed by atoms with Gasteiger partial charge in [-0.2, -0.15) is 0 Å². The highest BCUT2D eigenvalue weighted by atomic mass is 14.9. The third kappa shape index (κ3) is 3.85. The molecule has 0 aliphatic rings. The van der Waals surface area contributed by atoms with E-state index < -0.39 is 0 Å². The maximum atomic E-state index is 3.48. The number of hydrogen-bond acceptors (Lipinski definition) is 1. The van der Waals surface area contributed by atoms with Crippen molar-refractivity contribution in [2.45, 2.75) is 53.0 Å². The molecule has 0 bridgehead atoms. The van der Waals surface area contributed by atoms with Gasteiger partial charge in [0.25, 0.3) is 0 Å². The molecule has 1 aromatic rings. The number of nitrogens with one attached hydrogen (secondary N) is 1. The first kappa shape index (κ1) is 14.2. The molecule has 0 fully saturated rings. The molecule has 1 rings (SSSR count). The van der Waals surface area contributed by atoms with Crippen LogP contribution in [0.25, 0.3) is 0 Å². The van der Waals surface area contributed by atoms with Crippen molar-refractivity contribution in [2.24, 2.45) is 5.92 Å². The van der Waals surface area contributed by atoms with Crippen molar-refractivity contribution in [1.82, 2.24) is 5.32 Å². The number of benzene rings is 1. The predicted octanol–water partition coefficient (Wildman–Crippen LogP) is 4.39. The van der Waals surface area contributed by atoms with Crippen LogP contribution in [-0.2, 0) is 0 Å². The van der Waals surface area contributed by atoms with Crippen LogP contribution < -0.4 is 5.32 Å². The van der Waals surface area contributed by atoms with Gasteiger partial charge in [-0.15, -0.1) is 0 Å². The summed E-state index contributed by atoms with van der Waals surface area (Å²) in [5, 5.41) is 3.48. The van der Waals surface area contributed by atoms with Crippen molar-refractivity contribution >= 4 is 0 Å². The van der Waals surface area contributed by atoms with Gasteiger partial charge in [0.15, 0.2) is 0 Å². The lowest BCUT2D eigenvalue weighted by Gasteiger charge is -2.23. The fourth-order valence-corrected chi connectivity index (χ4v) is 2.57. The number of hydrogen-bond donors (Lipinski definition) is 1. The van der Waals surface area contributed by atoms with Crippen LogP contribution in [0, 0.1) is 19.8 Å². The van der Waals surface area contributed by atoms with Gasteiger partial charge in [-0.25, -0.2) is 0 Å². The quantitative estimate of drug-likeness (QED) is 0.768. The Morgan fingerprint density at radius 2 is 1.76 bits per heavy atom. The molecule has 0 aromatic heterocycles. The molecule has 0 saturated carbocycles. The zero-order valence-corrected chi connectivity index (χ0v) is 12.0. The van der Waals surface area contributed by atoms with Crippen molar-refractivity contribution in [3.63, 3.8) is 0 Å². The lowest BCUT2D eigenvalue weighted by molar-refractivity contribution is 0.384. The van der Waals surface area contributed by atoms with E-state index in [9.17, 15) is 0 Å². The summed E-state index contributed by atoms with van der Waals surface area (Å²) in [6.07, 6.45) is 3.80. The van der Waals surface area contributed by atoms with E-state index in [-0.39, 0.29) is 0 Å². The van der Waals surface area contributed by atoms with Crippen molar-refractivity contribution in [1.29, 1.82) is 0 Å². The highest BCUT2D eigenvalue weighted by molar-refractivity contribution is 5.32. The maximum Gasteiger partial charge on any atom is 0.0322 e. The molecule has 0 aliphatic heterocycles. The van der Waals surface area contributed by atoms with Crippen LogP contribution >= 0.6 is 0 Å². The molecule has 0 radical (unpaired) electrons. The molecular weight excluding hydrogens is 206 g/mol. The van der Waals surface area contributed by atoms with Gasteiger partial charge in [0.1, 0.15) is 0 Å². The van der Waals surface area contributed by atoms with E-state index in [1.807, 2.05) is 0 Å². The van der Waals surface area contributed by atoms with E-state index in [0.29, 0.717) is 6.04 Å². The first-order chi connectivity index (χ1) is 8.12. The van der Waals surface area contributed by atoms with Crippen LogP contribution in [0.4, 0.5) is 0 Å². The van der Waals surface area contributed by atoms with E-state index in [1.165, 1.54) is 36.0 Å². The highest BCUT2D eigenvalue weighted by Crippen LogP contribution is 2.27. The average Bonchev–Trinajstić information content (AvgIpc) is 2.32. The second-order valence-corrected chi connectivity index (χ2v) is 5.12. The maximum absolute atomic E-state index is 3.48. The number of rotatable bonds is 6. The van der Waals surface area contributed by atoms with Gasteiger partial charge in [0, 0.05) is 6.04 Å². The third-order valence-corrected chi connectivity index (χ3v) is 3.87. The lowest BCUT2D eigenvalue weighted by atomic mass is 9.89. The summed E-state index contributed by atoms with van der Waals surface area (Å²) in [5.41, 5.74) is 4.23. The minimum Gasteiger partial charge on any atom is -0.313 e. The van der Waals surface area contributed by atoms with Crippen molar-refractivity contribution < 1.29 is 0 Å². The molecule has 1 atom stereocenters. The largest absolute Gasteiger partial charge is 0.313 e. The van der Waals surface area contributed by atoms with Gasteiger partial charge in [-0.3, -0.25) is 0 Å². The van der Waals surface area contributed by atoms with Crippen molar-refractivity contribution in [3.05, 3.63) is 34.9 Å². The summed E-state index contributed by atoms with van der Waals surface area (Å²) in [6, 6.07) is 7.29. The van der Waals surface area contributed by atoms with Gasteiger partial charge in [0.05, 0.1) is 0 Å². The first-order valence-corrected chi connectivity index (χ1v) is 6.86. The van der Waals surface area contributed by atoms with Crippen LogP contribution in [0.1, 0.15) is 55.8 Å². The summed E-state index contributed by atoms with van der Waals surface area (Å²) in [6.45, 7) is 8.97. The van der Waals surface area contributed by atoms with Gasteiger partial charge < -0.3 is 5.32 Å². The Hall–Kier alpha value is -0.820. The van der Waals surface area contributed by atoms with E-state index in [2.05, 4.69) is 58.3 Å². The Kier molecular flexibility index (Phi) is 5.70. The summed E-state index contributed by atoms with van der Waals surface area (Å²) in [7, 11) is 2.08. The molecule has 1 unspecified atom stereocenters. The van der Waals surface area contributed by atoms with Crippen LogP contribution in [0.5, 0.6) is 0 Å². The van der Waals surface area contributed by atoms with Crippen LogP contribution in [0.2, 0.25) is 0 Å². The predicted molar refractivity (Wildman–Crippen MR) is 76.4 cm³/mol. The Morgan fingerprint density at radius 1 is 1.12 bits per heavy atom. The zero-order valence-electron chi connectivity index (χ0n) is 12.0. The molecule has 96 valence electrons. The molecule has 0 spiro atoms. The molecular formula is C16H27N. The van der Waals surface area contributed by atoms with Crippen molar-refractivity contribution in [3.8, 4) is 0 Å². The zero-order chi connectivity index (χ0) is 12.8. The highest BCUT2D eigenvalue weighted by Gasteiger charge is 2.15. The standard InChI is InChI=1S/C16H27N/c1-6-14(7-2)11-16(17-5)15-9-8-12(3)10-13(15)4/h8-10,14,16-17H,6-7,11H2,1-5H3. The summed E-state index contributed by atoms with van der Waals surface area (Å²) >= 11 is 0. The molecule has 0 heterocycles. The van der Waals surface area contributed by atoms with Crippen LogP contribution in [0.15, 0.2) is 18.2 Å². The van der Waals surface area contributed by atoms with E-state index in [4.69, 9.17) is 0 Å². The summed E-state index contributed by atoms with van der Waals surface area (Å²) in [4.78, 5) is 0. The van der Waals surface area contributed by atoms with E-state index in [1.54, 1.807) is 0 Å². The minimum atomic E-state index is 0.500. The van der Waals surface area contributed by atoms with E-state index >= 15 is 0 Å². The lowest BCUT2D eigenvalue weighted by Crippen LogP contribution is -2.20. The van der Waals surface area contributed by atoms with Crippen molar-refractivity contribution in [2.75, 3.05) is 7.05 Å². The molecule has 0 saturated heterocycles. The second-order valence-electron chi connectivity index (χ2n) is 5.12. The summed E-state index contributed by atoms with van der Waals surface area (Å²) < 4.78 is 0. The molecule has 1 aromatic carbocycles. The third-order valence-electron chi connectivity index (χ3n) is 3.87. The SMILES string of the molecule is CCC(CC)CC(NC)c1ccc(C)cc1C. The normalized spacial score (nSPS) is 13.1. The molecule has 1 heteroatoms. The second kappa shape index (κ2) is 6.80.